The van der Waals surface area contributed by atoms with Crippen molar-refractivity contribution in [2.24, 2.45) is 0 Å². The van der Waals surface area contributed by atoms with E-state index in [-0.39, 0.29) is 33.7 Å². The van der Waals surface area contributed by atoms with Crippen molar-refractivity contribution in [3.8, 4) is 11.5 Å². The molecule has 0 spiro atoms. The van der Waals surface area contributed by atoms with E-state index in [1.807, 2.05) is 0 Å². The van der Waals surface area contributed by atoms with Crippen LogP contribution in [0, 0.1) is 0 Å². The molecule has 2 aromatic rings. The molecule has 7 nitrogen and oxygen atoms in total. The maximum absolute atomic E-state index is 12.8. The summed E-state index contributed by atoms with van der Waals surface area (Å²) < 4.78 is 38.3. The third-order valence-electron chi connectivity index (χ3n) is 4.16. The van der Waals surface area contributed by atoms with Crippen LogP contribution >= 0.6 is 11.6 Å². The molecule has 2 aromatic carbocycles. The fraction of sp³-hybridized carbons (Fsp3) is 0.235. The topological polar surface area (TPSA) is 84.9 Å². The van der Waals surface area contributed by atoms with Gasteiger partial charge in [0.1, 0.15) is 11.5 Å². The molecular weight excluding hydrogens is 380 g/mol. The van der Waals surface area contributed by atoms with Crippen molar-refractivity contribution in [2.45, 2.75) is 11.3 Å². The Morgan fingerprint density at radius 3 is 2.46 bits per heavy atom. The highest BCUT2D eigenvalue weighted by Gasteiger charge is 2.26. The van der Waals surface area contributed by atoms with Crippen molar-refractivity contribution >= 4 is 38.9 Å². The van der Waals surface area contributed by atoms with E-state index in [4.69, 9.17) is 21.1 Å². The number of rotatable bonds is 5. The van der Waals surface area contributed by atoms with Crippen LogP contribution in [0.2, 0.25) is 5.02 Å². The fourth-order valence-electron chi connectivity index (χ4n) is 2.76. The third-order valence-corrected chi connectivity index (χ3v) is 5.82. The van der Waals surface area contributed by atoms with Crippen LogP contribution in [0.25, 0.3) is 0 Å². The van der Waals surface area contributed by atoms with E-state index in [1.54, 1.807) is 13.1 Å². The first-order chi connectivity index (χ1) is 12.3. The normalized spacial score (nSPS) is 13.5. The Bertz CT molecular complexity index is 991. The number of carbonyl (C=O) groups is 1. The summed E-state index contributed by atoms with van der Waals surface area (Å²) in [5.41, 5.74) is 1.56. The number of benzene rings is 2. The minimum Gasteiger partial charge on any atom is -0.495 e. The van der Waals surface area contributed by atoms with Crippen LogP contribution in [-0.4, -0.2) is 35.6 Å². The molecule has 1 heterocycles. The lowest BCUT2D eigenvalue weighted by atomic mass is 10.2. The molecule has 0 fully saturated rings. The van der Waals surface area contributed by atoms with Crippen LogP contribution in [-0.2, 0) is 21.2 Å². The number of ether oxygens (including phenoxy) is 2. The predicted octanol–water partition coefficient (Wildman–Crippen LogP) is 2.68. The minimum atomic E-state index is -3.90. The first-order valence-electron chi connectivity index (χ1n) is 7.60. The quantitative estimate of drug-likeness (QED) is 0.839. The summed E-state index contributed by atoms with van der Waals surface area (Å²) in [6.45, 7) is 0. The molecule has 1 N–H and O–H groups in total. The summed E-state index contributed by atoms with van der Waals surface area (Å²) in [5.74, 6) is 0.558. The first kappa shape index (κ1) is 18.3. The third kappa shape index (κ3) is 3.17. The summed E-state index contributed by atoms with van der Waals surface area (Å²) >= 11 is 6.08. The van der Waals surface area contributed by atoms with Gasteiger partial charge < -0.3 is 14.4 Å². The molecule has 9 heteroatoms. The summed E-state index contributed by atoms with van der Waals surface area (Å²) in [5, 5.41) is 0.243. The van der Waals surface area contributed by atoms with Gasteiger partial charge in [0.15, 0.2) is 0 Å². The lowest BCUT2D eigenvalue weighted by Gasteiger charge is -2.15. The van der Waals surface area contributed by atoms with Crippen LogP contribution in [0.5, 0.6) is 11.5 Å². The average Bonchev–Trinajstić information content (AvgIpc) is 2.88. The Hall–Kier alpha value is -2.45. The summed E-state index contributed by atoms with van der Waals surface area (Å²) in [4.78, 5) is 13.3. The number of likely N-dealkylation sites (N-methyl/N-ethyl adjacent to an activating group) is 1. The molecule has 26 heavy (non-hydrogen) atoms. The molecule has 1 aliphatic heterocycles. The van der Waals surface area contributed by atoms with E-state index in [0.29, 0.717) is 17.0 Å². The van der Waals surface area contributed by atoms with Gasteiger partial charge in [-0.15, -0.1) is 0 Å². The first-order valence-corrected chi connectivity index (χ1v) is 9.46. The van der Waals surface area contributed by atoms with E-state index >= 15 is 0 Å². The molecule has 1 amide bonds. The number of sulfonamides is 1. The molecule has 0 atom stereocenters. The number of nitrogens with one attached hydrogen (secondary N) is 1. The van der Waals surface area contributed by atoms with Gasteiger partial charge >= 0.3 is 0 Å². The monoisotopic (exact) mass is 396 g/mol. The molecule has 0 aromatic heterocycles. The maximum atomic E-state index is 12.8. The van der Waals surface area contributed by atoms with Gasteiger partial charge in [0.05, 0.1) is 36.2 Å². The van der Waals surface area contributed by atoms with Crippen LogP contribution in [0.15, 0.2) is 35.2 Å². The number of carbonyl (C=O) groups excluding carboxylic acids is 1. The van der Waals surface area contributed by atoms with Crippen molar-refractivity contribution in [2.75, 3.05) is 30.9 Å². The second kappa shape index (κ2) is 6.69. The zero-order valence-electron chi connectivity index (χ0n) is 14.4. The van der Waals surface area contributed by atoms with Crippen LogP contribution < -0.4 is 19.1 Å². The zero-order valence-corrected chi connectivity index (χ0v) is 15.9. The summed E-state index contributed by atoms with van der Waals surface area (Å²) in [7, 11) is 0.625. The number of hydrogen-bond acceptors (Lipinski definition) is 5. The number of methoxy groups -OCH3 is 2. The predicted molar refractivity (Wildman–Crippen MR) is 98.9 cm³/mol. The largest absolute Gasteiger partial charge is 0.495 e. The van der Waals surface area contributed by atoms with Crippen LogP contribution in [0.4, 0.5) is 11.4 Å². The fourth-order valence-corrected chi connectivity index (χ4v) is 4.11. The van der Waals surface area contributed by atoms with Crippen LogP contribution in [0.1, 0.15) is 5.56 Å². The number of hydrogen-bond donors (Lipinski definition) is 1. The highest BCUT2D eigenvalue weighted by atomic mass is 35.5. The van der Waals surface area contributed by atoms with Crippen LogP contribution in [0.3, 0.4) is 0 Å². The van der Waals surface area contributed by atoms with E-state index < -0.39 is 10.0 Å². The van der Waals surface area contributed by atoms with E-state index in [2.05, 4.69) is 4.72 Å². The van der Waals surface area contributed by atoms with E-state index in [1.165, 1.54) is 43.4 Å². The van der Waals surface area contributed by atoms with Crippen molar-refractivity contribution in [3.05, 3.63) is 40.9 Å². The Morgan fingerprint density at radius 1 is 1.12 bits per heavy atom. The molecular formula is C17H17ClN2O5S. The van der Waals surface area contributed by atoms with Crippen molar-refractivity contribution in [1.82, 2.24) is 0 Å². The van der Waals surface area contributed by atoms with Crippen molar-refractivity contribution in [1.29, 1.82) is 0 Å². The Morgan fingerprint density at radius 2 is 1.81 bits per heavy atom. The molecule has 138 valence electrons. The van der Waals surface area contributed by atoms with Crippen molar-refractivity contribution in [3.63, 3.8) is 0 Å². The van der Waals surface area contributed by atoms with E-state index in [0.717, 1.165) is 0 Å². The molecule has 3 rings (SSSR count). The van der Waals surface area contributed by atoms with Gasteiger partial charge in [-0.2, -0.15) is 0 Å². The number of fused-ring (bicyclic) bond motifs is 1. The highest BCUT2D eigenvalue weighted by molar-refractivity contribution is 7.92. The zero-order chi connectivity index (χ0) is 19.1. The molecule has 0 saturated heterocycles. The number of anilines is 2. The Kier molecular flexibility index (Phi) is 4.72. The van der Waals surface area contributed by atoms with Gasteiger partial charge in [0, 0.05) is 18.8 Å². The molecule has 0 saturated carbocycles. The maximum Gasteiger partial charge on any atom is 0.262 e. The van der Waals surface area contributed by atoms with E-state index in [9.17, 15) is 13.2 Å². The molecule has 1 aliphatic rings. The smallest absolute Gasteiger partial charge is 0.262 e. The molecule has 0 unspecified atom stereocenters. The second-order valence-electron chi connectivity index (χ2n) is 5.71. The van der Waals surface area contributed by atoms with Gasteiger partial charge in [-0.25, -0.2) is 8.42 Å². The van der Waals surface area contributed by atoms with Gasteiger partial charge in [0.25, 0.3) is 10.0 Å². The Balaban J connectivity index is 1.97. The minimum absolute atomic E-state index is 0.0494. The highest BCUT2D eigenvalue weighted by Crippen LogP contribution is 2.37. The van der Waals surface area contributed by atoms with Gasteiger partial charge in [-0.05, 0) is 29.8 Å². The lowest BCUT2D eigenvalue weighted by Crippen LogP contribution is -2.20. The summed E-state index contributed by atoms with van der Waals surface area (Å²) in [6.07, 6.45) is 0.173. The summed E-state index contributed by atoms with van der Waals surface area (Å²) in [6, 6.07) is 7.48. The number of nitrogens with zero attached hydrogens (tertiary/aromatic N) is 1. The lowest BCUT2D eigenvalue weighted by molar-refractivity contribution is -0.117. The van der Waals surface area contributed by atoms with Crippen molar-refractivity contribution < 1.29 is 22.7 Å². The number of halogens is 1. The number of amides is 1. The molecule has 0 aliphatic carbocycles. The van der Waals surface area contributed by atoms with Gasteiger partial charge in [-0.3, -0.25) is 9.52 Å². The van der Waals surface area contributed by atoms with Gasteiger partial charge in [-0.1, -0.05) is 11.6 Å². The standard InChI is InChI=1S/C17H17ClN2O5S/c1-20-14-5-4-11(6-10(14)7-17(20)21)26(22,23)19-13-8-12(18)15(24-2)9-16(13)25-3/h4-6,8-9,19H,7H2,1-3H3. The molecule has 0 bridgehead atoms. The second-order valence-corrected chi connectivity index (χ2v) is 7.80. The van der Waals surface area contributed by atoms with Gasteiger partial charge in [0.2, 0.25) is 5.91 Å². The Labute approximate surface area is 156 Å². The molecule has 0 radical (unpaired) electrons. The SMILES string of the molecule is COc1cc(OC)c(NS(=O)(=O)c2ccc3c(c2)CC(=O)N3C)cc1Cl. The average molecular weight is 397 g/mol.